The number of aliphatic carboxylic acids is 1. The Morgan fingerprint density at radius 3 is 2.48 bits per heavy atom. The zero-order valence-electron chi connectivity index (χ0n) is 26.4. The van der Waals surface area contributed by atoms with Crippen LogP contribution in [0.1, 0.15) is 140 Å². The highest BCUT2D eigenvalue weighted by atomic mass is 16.7. The molecule has 1 aromatic heterocycles. The number of aromatic amines is 1. The van der Waals surface area contributed by atoms with Crippen molar-refractivity contribution >= 4 is 17.8 Å². The van der Waals surface area contributed by atoms with E-state index >= 15 is 0 Å². The molecule has 0 aromatic carbocycles. The lowest BCUT2D eigenvalue weighted by Gasteiger charge is -2.45. The number of carboxylic acid groups (broad SMARTS) is 1. The second-order valence-corrected chi connectivity index (χ2v) is 14.1. The smallest absolute Gasteiger partial charge is 0.315 e. The summed E-state index contributed by atoms with van der Waals surface area (Å²) in [6.07, 6.45) is 13.2. The number of aromatic nitrogens is 1. The van der Waals surface area contributed by atoms with Crippen molar-refractivity contribution < 1.29 is 29.0 Å². The zero-order valence-corrected chi connectivity index (χ0v) is 26.4. The fraction of sp³-hybridized carbons (Fsp3) is 0.788. The molecule has 3 aliphatic rings. The Hall–Kier alpha value is -2.39. The van der Waals surface area contributed by atoms with Gasteiger partial charge in [-0.05, 0) is 64.4 Å². The molecule has 2 heterocycles. The van der Waals surface area contributed by atoms with Gasteiger partial charge in [0.25, 0.3) is 0 Å². The highest BCUT2D eigenvalue weighted by Crippen LogP contribution is 2.42. The molecule has 2 amide bonds. The van der Waals surface area contributed by atoms with Gasteiger partial charge in [0.15, 0.2) is 11.6 Å². The van der Waals surface area contributed by atoms with Crippen molar-refractivity contribution in [1.29, 1.82) is 0 Å². The number of unbranched alkanes of at least 4 members (excludes halogenated alkanes) is 3. The molecule has 2 aliphatic carbocycles. The minimum atomic E-state index is -0.925. The van der Waals surface area contributed by atoms with E-state index < -0.39 is 29.2 Å². The molecule has 0 radical (unpaired) electrons. The summed E-state index contributed by atoms with van der Waals surface area (Å²) in [5, 5.41) is 16.6. The molecule has 9 nitrogen and oxygen atoms in total. The Balaban J connectivity index is 1.53. The summed E-state index contributed by atoms with van der Waals surface area (Å²) in [6, 6.07) is 1.41. The van der Waals surface area contributed by atoms with Gasteiger partial charge in [0.2, 0.25) is 0 Å². The van der Waals surface area contributed by atoms with Crippen LogP contribution in [0.2, 0.25) is 0 Å². The van der Waals surface area contributed by atoms with E-state index in [1.54, 1.807) is 26.1 Å². The third kappa shape index (κ3) is 7.76. The van der Waals surface area contributed by atoms with Crippen LogP contribution in [0.4, 0.5) is 4.79 Å². The first kappa shape index (κ1) is 32.5. The van der Waals surface area contributed by atoms with Crippen molar-refractivity contribution in [3.63, 3.8) is 0 Å². The summed E-state index contributed by atoms with van der Waals surface area (Å²) in [5.41, 5.74) is 0.416. The highest BCUT2D eigenvalue weighted by Gasteiger charge is 2.47. The lowest BCUT2D eigenvalue weighted by molar-refractivity contribution is -0.298. The van der Waals surface area contributed by atoms with Gasteiger partial charge in [-0.25, -0.2) is 4.79 Å². The van der Waals surface area contributed by atoms with Crippen LogP contribution in [-0.2, 0) is 14.3 Å². The van der Waals surface area contributed by atoms with Crippen molar-refractivity contribution in [3.05, 3.63) is 23.5 Å². The number of hydrogen-bond donors (Lipinski definition) is 4. The molecule has 4 atom stereocenters. The molecule has 2 saturated carbocycles. The summed E-state index contributed by atoms with van der Waals surface area (Å²) in [4.78, 5) is 42.8. The van der Waals surface area contributed by atoms with E-state index in [1.165, 1.54) is 19.3 Å². The Labute approximate surface area is 251 Å². The molecule has 42 heavy (non-hydrogen) atoms. The molecule has 1 aromatic rings. The lowest BCUT2D eigenvalue weighted by atomic mass is 9.72. The molecule has 3 fully saturated rings. The number of ether oxygens (including phenoxy) is 2. The number of amides is 2. The maximum Gasteiger partial charge on any atom is 0.315 e. The number of H-pyrrole nitrogens is 1. The summed E-state index contributed by atoms with van der Waals surface area (Å²) in [7, 11) is 0. The monoisotopic (exact) mass is 587 g/mol. The Bertz CT molecular complexity index is 1090. The van der Waals surface area contributed by atoms with Gasteiger partial charge in [0.1, 0.15) is 6.10 Å². The second kappa shape index (κ2) is 13.5. The Kier molecular flexibility index (Phi) is 10.5. The lowest BCUT2D eigenvalue weighted by Crippen LogP contribution is -2.58. The third-order valence-electron chi connectivity index (χ3n) is 9.80. The van der Waals surface area contributed by atoms with E-state index in [0.717, 1.165) is 57.8 Å². The second-order valence-electron chi connectivity index (χ2n) is 14.1. The average molecular weight is 588 g/mol. The van der Waals surface area contributed by atoms with Crippen LogP contribution in [0.15, 0.2) is 12.3 Å². The normalized spacial score (nSPS) is 26.9. The molecule has 236 valence electrons. The van der Waals surface area contributed by atoms with Gasteiger partial charge < -0.3 is 30.2 Å². The number of urea groups is 1. The molecular weight excluding hydrogens is 534 g/mol. The molecule has 4 unspecified atom stereocenters. The first-order valence-electron chi connectivity index (χ1n) is 16.2. The predicted molar refractivity (Wildman–Crippen MR) is 162 cm³/mol. The SMILES string of the molecule is CCCCCCC1(NC(=O)NC2CCCCC2C(CC(=O)O)c2[nH]ccc2C(=O)C2OC(C)(C)OCC2(C)C)CCC1. The Morgan fingerprint density at radius 1 is 1.07 bits per heavy atom. The average Bonchev–Trinajstić information content (AvgIpc) is 3.39. The molecule has 0 spiro atoms. The molecule has 4 rings (SSSR count). The van der Waals surface area contributed by atoms with Crippen LogP contribution < -0.4 is 10.6 Å². The van der Waals surface area contributed by atoms with Crippen LogP contribution >= 0.6 is 0 Å². The summed E-state index contributed by atoms with van der Waals surface area (Å²) < 4.78 is 12.0. The van der Waals surface area contributed by atoms with Gasteiger partial charge in [0, 0.05) is 40.4 Å². The first-order valence-corrected chi connectivity index (χ1v) is 16.2. The van der Waals surface area contributed by atoms with Crippen molar-refractivity contribution in [3.8, 4) is 0 Å². The number of rotatable bonds is 13. The molecule has 0 bridgehead atoms. The van der Waals surface area contributed by atoms with E-state index in [2.05, 4.69) is 22.5 Å². The molecule has 1 saturated heterocycles. The number of nitrogens with one attached hydrogen (secondary N) is 3. The number of carbonyl (C=O) groups excluding carboxylic acids is 2. The zero-order chi connectivity index (χ0) is 30.5. The van der Waals surface area contributed by atoms with Crippen molar-refractivity contribution in [2.24, 2.45) is 11.3 Å². The molecule has 9 heteroatoms. The highest BCUT2D eigenvalue weighted by molar-refractivity contribution is 6.01. The van der Waals surface area contributed by atoms with Crippen LogP contribution in [0, 0.1) is 11.3 Å². The largest absolute Gasteiger partial charge is 0.481 e. The summed E-state index contributed by atoms with van der Waals surface area (Å²) >= 11 is 0. The standard InChI is InChI=1S/C33H53N3O6/c1-6-7-8-11-16-33(17-12-18-33)36-30(40)35-25-14-10-9-13-22(25)24(20-26(37)38)27-23(15-19-34-27)28(39)29-31(2,3)21-41-32(4,5)42-29/h15,19,22,24-25,29,34H,6-14,16-18,20-21H2,1-5H3,(H,37,38)(H2,35,36,40). The maximum atomic E-state index is 14.0. The minimum Gasteiger partial charge on any atom is -0.481 e. The third-order valence-corrected chi connectivity index (χ3v) is 9.80. The van der Waals surface area contributed by atoms with Crippen LogP contribution in [-0.4, -0.2) is 58.0 Å². The van der Waals surface area contributed by atoms with Crippen LogP contribution in [0.25, 0.3) is 0 Å². The minimum absolute atomic E-state index is 0.118. The number of carboxylic acids is 1. The van der Waals surface area contributed by atoms with Gasteiger partial charge in [0.05, 0.1) is 13.0 Å². The van der Waals surface area contributed by atoms with E-state index in [4.69, 9.17) is 9.47 Å². The van der Waals surface area contributed by atoms with Gasteiger partial charge in [-0.15, -0.1) is 0 Å². The van der Waals surface area contributed by atoms with Crippen molar-refractivity contribution in [1.82, 2.24) is 15.6 Å². The number of ketones is 1. The van der Waals surface area contributed by atoms with Crippen LogP contribution in [0.5, 0.6) is 0 Å². The first-order chi connectivity index (χ1) is 19.9. The van der Waals surface area contributed by atoms with Gasteiger partial charge in [-0.2, -0.15) is 0 Å². The number of carbonyl (C=O) groups is 3. The topological polar surface area (TPSA) is 130 Å². The fourth-order valence-electron chi connectivity index (χ4n) is 7.22. The summed E-state index contributed by atoms with van der Waals surface area (Å²) in [5.74, 6) is -2.56. The molecular formula is C33H53N3O6. The summed E-state index contributed by atoms with van der Waals surface area (Å²) in [6.45, 7) is 10.1. The van der Waals surface area contributed by atoms with Gasteiger partial charge in [-0.1, -0.05) is 59.3 Å². The van der Waals surface area contributed by atoms with E-state index in [9.17, 15) is 19.5 Å². The fourth-order valence-corrected chi connectivity index (χ4v) is 7.22. The van der Waals surface area contributed by atoms with Crippen LogP contribution in [0.3, 0.4) is 0 Å². The van der Waals surface area contributed by atoms with Gasteiger partial charge in [-0.3, -0.25) is 9.59 Å². The quantitative estimate of drug-likeness (QED) is 0.150. The van der Waals surface area contributed by atoms with E-state index in [0.29, 0.717) is 17.9 Å². The van der Waals surface area contributed by atoms with E-state index in [1.807, 2.05) is 13.8 Å². The molecule has 1 aliphatic heterocycles. The molecule has 4 N–H and O–H groups in total. The maximum absolute atomic E-state index is 14.0. The number of Topliss-reactive ketones (excluding diaryl/α,β-unsaturated/α-hetero) is 1. The number of hydrogen-bond acceptors (Lipinski definition) is 5. The Morgan fingerprint density at radius 2 is 1.81 bits per heavy atom. The van der Waals surface area contributed by atoms with Gasteiger partial charge >= 0.3 is 12.0 Å². The van der Waals surface area contributed by atoms with Crippen molar-refractivity contribution in [2.75, 3.05) is 6.61 Å². The predicted octanol–water partition coefficient (Wildman–Crippen LogP) is 6.68. The van der Waals surface area contributed by atoms with Crippen molar-refractivity contribution in [2.45, 2.75) is 147 Å². The van der Waals surface area contributed by atoms with E-state index in [-0.39, 0.29) is 35.7 Å².